The minimum absolute atomic E-state index is 0.0456. The molecule has 1 rings (SSSR count). The van der Waals surface area contributed by atoms with Gasteiger partial charge in [-0.25, -0.2) is 4.79 Å². The summed E-state index contributed by atoms with van der Waals surface area (Å²) in [7, 11) is 0. The highest BCUT2D eigenvalue weighted by Crippen LogP contribution is 2.37. The van der Waals surface area contributed by atoms with Crippen LogP contribution in [-0.4, -0.2) is 22.8 Å². The number of carboxylic acids is 1. The third kappa shape index (κ3) is 3.08. The van der Waals surface area contributed by atoms with Crippen molar-refractivity contribution in [1.29, 1.82) is 0 Å². The van der Waals surface area contributed by atoms with Crippen molar-refractivity contribution in [2.45, 2.75) is 34.1 Å². The summed E-state index contributed by atoms with van der Waals surface area (Å²) in [4.78, 5) is 11.1. The van der Waals surface area contributed by atoms with Crippen LogP contribution in [0.5, 0.6) is 11.5 Å². The van der Waals surface area contributed by atoms with Crippen LogP contribution in [0.2, 0.25) is 0 Å². The SMILES string of the molecule is CC=CCCOc1c(C)c(C)c(C(=O)O)c(O)c1C. The highest BCUT2D eigenvalue weighted by molar-refractivity contribution is 5.94. The molecule has 104 valence electrons. The zero-order chi connectivity index (χ0) is 14.6. The van der Waals surface area contributed by atoms with Crippen molar-refractivity contribution in [1.82, 2.24) is 0 Å². The molecule has 0 atom stereocenters. The van der Waals surface area contributed by atoms with Gasteiger partial charge in [-0.05, 0) is 45.2 Å². The number of hydrogen-bond donors (Lipinski definition) is 2. The Morgan fingerprint density at radius 3 is 2.37 bits per heavy atom. The number of phenols is 1. The maximum Gasteiger partial charge on any atom is 0.339 e. The monoisotopic (exact) mass is 264 g/mol. The number of carboxylic acid groups (broad SMARTS) is 1. The third-order valence-corrected chi connectivity index (χ3v) is 3.19. The number of hydrogen-bond acceptors (Lipinski definition) is 3. The highest BCUT2D eigenvalue weighted by Gasteiger charge is 2.22. The van der Waals surface area contributed by atoms with E-state index >= 15 is 0 Å². The van der Waals surface area contributed by atoms with E-state index in [1.54, 1.807) is 20.8 Å². The number of carbonyl (C=O) groups is 1. The summed E-state index contributed by atoms with van der Waals surface area (Å²) < 4.78 is 5.66. The molecule has 0 aliphatic carbocycles. The number of benzene rings is 1. The Morgan fingerprint density at radius 1 is 1.21 bits per heavy atom. The molecule has 4 nitrogen and oxygen atoms in total. The lowest BCUT2D eigenvalue weighted by atomic mass is 9.97. The fraction of sp³-hybridized carbons (Fsp3) is 0.400. The Hall–Kier alpha value is -1.97. The first-order valence-corrected chi connectivity index (χ1v) is 6.21. The number of ether oxygens (including phenoxy) is 1. The molecular weight excluding hydrogens is 244 g/mol. The zero-order valence-electron chi connectivity index (χ0n) is 11.8. The second-order valence-corrected chi connectivity index (χ2v) is 4.44. The summed E-state index contributed by atoms with van der Waals surface area (Å²) in [6, 6.07) is 0. The molecular formula is C15H20O4. The average Bonchev–Trinajstić information content (AvgIpc) is 2.35. The van der Waals surface area contributed by atoms with E-state index in [1.165, 1.54) is 0 Å². The Kier molecular flexibility index (Phi) is 4.98. The average molecular weight is 264 g/mol. The molecule has 0 heterocycles. The van der Waals surface area contributed by atoms with Crippen LogP contribution in [-0.2, 0) is 0 Å². The normalized spacial score (nSPS) is 10.9. The van der Waals surface area contributed by atoms with Crippen LogP contribution in [0.3, 0.4) is 0 Å². The van der Waals surface area contributed by atoms with E-state index in [-0.39, 0.29) is 11.3 Å². The fourth-order valence-electron chi connectivity index (χ4n) is 1.99. The maximum absolute atomic E-state index is 11.1. The maximum atomic E-state index is 11.1. The summed E-state index contributed by atoms with van der Waals surface area (Å²) in [6.45, 7) is 7.58. The van der Waals surface area contributed by atoms with E-state index in [2.05, 4.69) is 0 Å². The summed E-state index contributed by atoms with van der Waals surface area (Å²) in [5, 5.41) is 19.1. The smallest absolute Gasteiger partial charge is 0.339 e. The van der Waals surface area contributed by atoms with Gasteiger partial charge in [0.15, 0.2) is 0 Å². The van der Waals surface area contributed by atoms with Gasteiger partial charge in [-0.1, -0.05) is 12.2 Å². The van der Waals surface area contributed by atoms with Crippen molar-refractivity contribution < 1.29 is 19.7 Å². The van der Waals surface area contributed by atoms with Crippen LogP contribution in [0.15, 0.2) is 12.2 Å². The second-order valence-electron chi connectivity index (χ2n) is 4.44. The molecule has 0 aliphatic rings. The Bertz CT molecular complexity index is 486. The van der Waals surface area contributed by atoms with Crippen molar-refractivity contribution in [3.63, 3.8) is 0 Å². The van der Waals surface area contributed by atoms with Crippen LogP contribution in [0.25, 0.3) is 0 Å². The van der Waals surface area contributed by atoms with E-state index in [4.69, 9.17) is 9.84 Å². The fourth-order valence-corrected chi connectivity index (χ4v) is 1.99. The predicted molar refractivity (Wildman–Crippen MR) is 74.2 cm³/mol. The van der Waals surface area contributed by atoms with E-state index in [1.807, 2.05) is 19.1 Å². The molecule has 0 aromatic heterocycles. The molecule has 0 radical (unpaired) electrons. The molecule has 0 amide bonds. The summed E-state index contributed by atoms with van der Waals surface area (Å²) >= 11 is 0. The van der Waals surface area contributed by atoms with Crippen LogP contribution < -0.4 is 4.74 Å². The van der Waals surface area contributed by atoms with Crippen LogP contribution in [0, 0.1) is 20.8 Å². The Balaban J connectivity index is 3.17. The van der Waals surface area contributed by atoms with Crippen molar-refractivity contribution in [3.05, 3.63) is 34.4 Å². The van der Waals surface area contributed by atoms with Crippen molar-refractivity contribution in [2.75, 3.05) is 6.61 Å². The summed E-state index contributed by atoms with van der Waals surface area (Å²) in [6.07, 6.45) is 4.71. The number of allylic oxidation sites excluding steroid dienone is 1. The number of aromatic carboxylic acids is 1. The Morgan fingerprint density at radius 2 is 1.84 bits per heavy atom. The first kappa shape index (κ1) is 15.1. The van der Waals surface area contributed by atoms with Crippen LogP contribution in [0.1, 0.15) is 40.4 Å². The van der Waals surface area contributed by atoms with Gasteiger partial charge in [0.2, 0.25) is 0 Å². The van der Waals surface area contributed by atoms with Crippen molar-refractivity contribution in [3.8, 4) is 11.5 Å². The molecule has 0 unspecified atom stereocenters. The highest BCUT2D eigenvalue weighted by atomic mass is 16.5. The standard InChI is InChI=1S/C15H20O4/c1-5-6-7-8-19-14-10(3)9(2)12(15(17)18)13(16)11(14)4/h5-6,16H,7-8H2,1-4H3,(H,17,18). The quantitative estimate of drug-likeness (QED) is 0.632. The van der Waals surface area contributed by atoms with E-state index in [9.17, 15) is 9.90 Å². The van der Waals surface area contributed by atoms with Gasteiger partial charge in [-0.2, -0.15) is 0 Å². The van der Waals surface area contributed by atoms with Gasteiger partial charge in [-0.3, -0.25) is 0 Å². The first-order chi connectivity index (χ1) is 8.91. The van der Waals surface area contributed by atoms with Crippen LogP contribution in [0.4, 0.5) is 0 Å². The molecule has 0 aliphatic heterocycles. The van der Waals surface area contributed by atoms with Gasteiger partial charge < -0.3 is 14.9 Å². The van der Waals surface area contributed by atoms with E-state index in [0.29, 0.717) is 23.5 Å². The summed E-state index contributed by atoms with van der Waals surface area (Å²) in [5.74, 6) is -0.761. The lowest BCUT2D eigenvalue weighted by Crippen LogP contribution is -2.07. The van der Waals surface area contributed by atoms with Gasteiger partial charge >= 0.3 is 5.97 Å². The van der Waals surface area contributed by atoms with Gasteiger partial charge in [0.25, 0.3) is 0 Å². The van der Waals surface area contributed by atoms with Gasteiger partial charge in [0, 0.05) is 5.56 Å². The Labute approximate surface area is 113 Å². The van der Waals surface area contributed by atoms with Gasteiger partial charge in [0.1, 0.15) is 17.1 Å². The molecule has 4 heteroatoms. The molecule has 2 N–H and O–H groups in total. The van der Waals surface area contributed by atoms with Gasteiger partial charge in [-0.15, -0.1) is 0 Å². The minimum Gasteiger partial charge on any atom is -0.507 e. The molecule has 0 bridgehead atoms. The molecule has 0 fully saturated rings. The molecule has 0 saturated carbocycles. The molecule has 1 aromatic rings. The number of aromatic hydroxyl groups is 1. The topological polar surface area (TPSA) is 66.8 Å². The van der Waals surface area contributed by atoms with Crippen LogP contribution >= 0.6 is 0 Å². The first-order valence-electron chi connectivity index (χ1n) is 6.21. The summed E-state index contributed by atoms with van der Waals surface area (Å²) in [5.41, 5.74) is 1.72. The van der Waals surface area contributed by atoms with E-state index < -0.39 is 5.97 Å². The predicted octanol–water partition coefficient (Wildman–Crippen LogP) is 3.36. The molecule has 19 heavy (non-hydrogen) atoms. The zero-order valence-corrected chi connectivity index (χ0v) is 11.8. The lowest BCUT2D eigenvalue weighted by Gasteiger charge is -2.17. The third-order valence-electron chi connectivity index (χ3n) is 3.19. The molecule has 0 saturated heterocycles. The van der Waals surface area contributed by atoms with Crippen molar-refractivity contribution in [2.24, 2.45) is 0 Å². The van der Waals surface area contributed by atoms with Gasteiger partial charge in [0.05, 0.1) is 6.61 Å². The molecule has 0 spiro atoms. The van der Waals surface area contributed by atoms with Crippen molar-refractivity contribution >= 4 is 5.97 Å². The lowest BCUT2D eigenvalue weighted by molar-refractivity contribution is 0.0692. The van der Waals surface area contributed by atoms with E-state index in [0.717, 1.165) is 12.0 Å². The largest absolute Gasteiger partial charge is 0.507 e. The number of rotatable bonds is 5. The minimum atomic E-state index is -1.12. The second kappa shape index (κ2) is 6.27. The molecule has 1 aromatic carbocycles.